The number of halogens is 3. The lowest BCUT2D eigenvalue weighted by atomic mass is 9.76. The number of aromatic nitrogens is 2. The van der Waals surface area contributed by atoms with E-state index in [-0.39, 0.29) is 29.4 Å². The number of nitrogens with one attached hydrogen (secondary N) is 1. The number of morpholine rings is 1. The molecule has 0 spiro atoms. The van der Waals surface area contributed by atoms with Crippen molar-refractivity contribution in [2.45, 2.75) is 48.3 Å². The van der Waals surface area contributed by atoms with Crippen molar-refractivity contribution in [3.63, 3.8) is 0 Å². The second-order valence-corrected chi connectivity index (χ2v) is 11.7. The maximum atomic E-state index is 13.8. The van der Waals surface area contributed by atoms with Gasteiger partial charge in [0, 0.05) is 36.0 Å². The molecular formula is C26H25F3N4O4S. The van der Waals surface area contributed by atoms with Crippen LogP contribution in [0.25, 0.3) is 0 Å². The number of ether oxygens (including phenoxy) is 1. The molecule has 0 saturated carbocycles. The number of piperidine rings is 1. The standard InChI is InChI=1S/C26H25F3N4O4S/c27-26(28,29)18-3-7-21(8-4-18)38(35,36)33-20-11-17(12-24(33)22-14-30-31-23(22)13-20)16-1-5-19(6-2-16)32-9-10-37-15-25(32)34/h1-8,14,17,20,24H,9-13,15H2,(H,30,31). The Morgan fingerprint density at radius 3 is 2.45 bits per heavy atom. The van der Waals surface area contributed by atoms with Gasteiger partial charge in [-0.2, -0.15) is 22.6 Å². The molecule has 2 aromatic carbocycles. The molecule has 3 atom stereocenters. The highest BCUT2D eigenvalue weighted by Gasteiger charge is 2.48. The molecular weight excluding hydrogens is 521 g/mol. The second-order valence-electron chi connectivity index (χ2n) is 9.89. The van der Waals surface area contributed by atoms with E-state index < -0.39 is 27.8 Å². The molecule has 3 unspecified atom stereocenters. The number of benzene rings is 2. The first kappa shape index (κ1) is 25.1. The maximum Gasteiger partial charge on any atom is 0.416 e. The van der Waals surface area contributed by atoms with Crippen LogP contribution < -0.4 is 4.90 Å². The summed E-state index contributed by atoms with van der Waals surface area (Å²) in [5, 5.41) is 7.12. The summed E-state index contributed by atoms with van der Waals surface area (Å²) in [5.41, 5.74) is 2.62. The number of aromatic amines is 1. The zero-order valence-electron chi connectivity index (χ0n) is 20.2. The minimum atomic E-state index is -4.55. The van der Waals surface area contributed by atoms with Crippen molar-refractivity contribution < 1.29 is 31.1 Å². The van der Waals surface area contributed by atoms with Crippen molar-refractivity contribution in [3.05, 3.63) is 77.1 Å². The van der Waals surface area contributed by atoms with Gasteiger partial charge >= 0.3 is 6.18 Å². The molecule has 4 heterocycles. The molecule has 1 amide bonds. The van der Waals surface area contributed by atoms with Gasteiger partial charge in [-0.05, 0) is 60.7 Å². The number of sulfonamides is 1. The molecule has 3 aliphatic heterocycles. The van der Waals surface area contributed by atoms with E-state index in [1.165, 1.54) is 4.31 Å². The molecule has 200 valence electrons. The SMILES string of the molecule is O=C1COCCN1c1ccc(C2CC3Cc4[nH]ncc4C(C2)N3S(=O)(=O)c2ccc(C(F)(F)F)cc2)cc1. The van der Waals surface area contributed by atoms with Gasteiger partial charge in [0.2, 0.25) is 10.0 Å². The van der Waals surface area contributed by atoms with Crippen molar-refractivity contribution in [1.82, 2.24) is 14.5 Å². The molecule has 1 N–H and O–H groups in total. The number of amides is 1. The summed E-state index contributed by atoms with van der Waals surface area (Å²) in [6, 6.07) is 10.5. The molecule has 3 aliphatic rings. The van der Waals surface area contributed by atoms with Crippen LogP contribution in [0.4, 0.5) is 18.9 Å². The van der Waals surface area contributed by atoms with Gasteiger partial charge in [0.05, 0.1) is 29.3 Å². The number of H-pyrrole nitrogens is 1. The first-order chi connectivity index (χ1) is 18.1. The number of carbonyl (C=O) groups excluding carboxylic acids is 1. The summed E-state index contributed by atoms with van der Waals surface area (Å²) in [6.07, 6.45) is -1.43. The predicted molar refractivity (Wildman–Crippen MR) is 131 cm³/mol. The van der Waals surface area contributed by atoms with Gasteiger partial charge in [-0.3, -0.25) is 9.89 Å². The number of alkyl halides is 3. The molecule has 2 bridgehead atoms. The Bertz CT molecular complexity index is 1450. The van der Waals surface area contributed by atoms with Gasteiger partial charge in [-0.25, -0.2) is 8.42 Å². The fourth-order valence-corrected chi connectivity index (χ4v) is 7.70. The van der Waals surface area contributed by atoms with Gasteiger partial charge in [0.15, 0.2) is 0 Å². The van der Waals surface area contributed by atoms with Crippen molar-refractivity contribution in [3.8, 4) is 0 Å². The van der Waals surface area contributed by atoms with Crippen LogP contribution >= 0.6 is 0 Å². The van der Waals surface area contributed by atoms with E-state index in [2.05, 4.69) is 10.2 Å². The van der Waals surface area contributed by atoms with E-state index in [4.69, 9.17) is 4.74 Å². The van der Waals surface area contributed by atoms with Crippen LogP contribution in [0, 0.1) is 0 Å². The molecule has 0 aliphatic carbocycles. The van der Waals surface area contributed by atoms with Crippen molar-refractivity contribution in [2.24, 2.45) is 0 Å². The molecule has 38 heavy (non-hydrogen) atoms. The van der Waals surface area contributed by atoms with Crippen molar-refractivity contribution >= 4 is 21.6 Å². The average Bonchev–Trinajstić information content (AvgIpc) is 3.36. The lowest BCUT2D eigenvalue weighted by molar-refractivity contribution is -0.137. The number of hydrogen-bond donors (Lipinski definition) is 1. The first-order valence-electron chi connectivity index (χ1n) is 12.3. The molecule has 2 saturated heterocycles. The van der Waals surface area contributed by atoms with E-state index in [1.807, 2.05) is 24.3 Å². The third-order valence-corrected chi connectivity index (χ3v) is 9.68. The Labute approximate surface area is 217 Å². The summed E-state index contributed by atoms with van der Waals surface area (Å²) in [7, 11) is -4.07. The molecule has 2 fully saturated rings. The summed E-state index contributed by atoms with van der Waals surface area (Å²) in [4.78, 5) is 13.7. The van der Waals surface area contributed by atoms with E-state index in [9.17, 15) is 26.4 Å². The maximum absolute atomic E-state index is 13.8. The Kier molecular flexibility index (Phi) is 6.08. The number of fused-ring (bicyclic) bond motifs is 4. The summed E-state index contributed by atoms with van der Waals surface area (Å²) in [5.74, 6) is -0.0330. The van der Waals surface area contributed by atoms with Crippen LogP contribution in [-0.2, 0) is 32.2 Å². The molecule has 1 aromatic heterocycles. The highest BCUT2D eigenvalue weighted by Crippen LogP contribution is 2.49. The molecule has 3 aromatic rings. The smallest absolute Gasteiger partial charge is 0.370 e. The monoisotopic (exact) mass is 546 g/mol. The van der Waals surface area contributed by atoms with Crippen LogP contribution in [0.2, 0.25) is 0 Å². The molecule has 6 rings (SSSR count). The number of anilines is 1. The number of nitrogens with zero attached hydrogens (tertiary/aromatic N) is 3. The summed E-state index contributed by atoms with van der Waals surface area (Å²) in [6.45, 7) is 1.03. The van der Waals surface area contributed by atoms with Crippen LogP contribution in [0.15, 0.2) is 59.6 Å². The molecule has 12 heteroatoms. The third kappa shape index (κ3) is 4.30. The zero-order valence-corrected chi connectivity index (χ0v) is 21.0. The lowest BCUT2D eigenvalue weighted by Crippen LogP contribution is -2.51. The Hall–Kier alpha value is -3.22. The van der Waals surface area contributed by atoms with E-state index in [1.54, 1.807) is 11.1 Å². The van der Waals surface area contributed by atoms with Crippen molar-refractivity contribution in [1.29, 1.82) is 0 Å². The summed E-state index contributed by atoms with van der Waals surface area (Å²) >= 11 is 0. The summed E-state index contributed by atoms with van der Waals surface area (Å²) < 4.78 is 73.3. The minimum Gasteiger partial charge on any atom is -0.370 e. The van der Waals surface area contributed by atoms with E-state index >= 15 is 0 Å². The topological polar surface area (TPSA) is 95.6 Å². The Balaban J connectivity index is 1.29. The Morgan fingerprint density at radius 2 is 1.76 bits per heavy atom. The van der Waals surface area contributed by atoms with Crippen LogP contribution in [-0.4, -0.2) is 54.6 Å². The van der Waals surface area contributed by atoms with Gasteiger partial charge in [-0.1, -0.05) is 12.1 Å². The average molecular weight is 547 g/mol. The highest BCUT2D eigenvalue weighted by molar-refractivity contribution is 7.89. The fourth-order valence-electron chi connectivity index (χ4n) is 5.89. The lowest BCUT2D eigenvalue weighted by Gasteiger charge is -2.47. The Morgan fingerprint density at radius 1 is 1.03 bits per heavy atom. The van der Waals surface area contributed by atoms with Crippen LogP contribution in [0.1, 0.15) is 47.2 Å². The minimum absolute atomic E-state index is 0.0570. The van der Waals surface area contributed by atoms with Gasteiger partial charge in [-0.15, -0.1) is 0 Å². The largest absolute Gasteiger partial charge is 0.416 e. The molecule has 0 radical (unpaired) electrons. The van der Waals surface area contributed by atoms with Crippen molar-refractivity contribution in [2.75, 3.05) is 24.7 Å². The van der Waals surface area contributed by atoms with E-state index in [0.29, 0.717) is 32.4 Å². The zero-order chi connectivity index (χ0) is 26.7. The number of rotatable bonds is 4. The molecule has 8 nitrogen and oxygen atoms in total. The van der Waals surface area contributed by atoms with Gasteiger partial charge < -0.3 is 9.64 Å². The normalized spacial score (nSPS) is 24.3. The quantitative estimate of drug-likeness (QED) is 0.533. The third-order valence-electron chi connectivity index (χ3n) is 7.70. The second kappa shape index (κ2) is 9.21. The van der Waals surface area contributed by atoms with E-state index in [0.717, 1.165) is 46.8 Å². The first-order valence-corrected chi connectivity index (χ1v) is 13.8. The number of carbonyl (C=O) groups is 1. The highest BCUT2D eigenvalue weighted by atomic mass is 32.2. The van der Waals surface area contributed by atoms with Crippen LogP contribution in [0.5, 0.6) is 0 Å². The number of hydrogen-bond acceptors (Lipinski definition) is 5. The van der Waals surface area contributed by atoms with Crippen LogP contribution in [0.3, 0.4) is 0 Å². The fraction of sp³-hybridized carbons (Fsp3) is 0.385. The van der Waals surface area contributed by atoms with Gasteiger partial charge in [0.25, 0.3) is 5.91 Å². The van der Waals surface area contributed by atoms with Gasteiger partial charge in [0.1, 0.15) is 6.61 Å². The predicted octanol–water partition coefficient (Wildman–Crippen LogP) is 4.03.